The zero-order chi connectivity index (χ0) is 12.0. The van der Waals surface area contributed by atoms with Crippen LogP contribution >= 0.6 is 0 Å². The highest BCUT2D eigenvalue weighted by atomic mass is 16.5. The van der Waals surface area contributed by atoms with Crippen LogP contribution in [-0.4, -0.2) is 17.5 Å². The lowest BCUT2D eigenvalue weighted by atomic mass is 10.1. The summed E-state index contributed by atoms with van der Waals surface area (Å²) in [5.74, 6) is 0.945. The van der Waals surface area contributed by atoms with Crippen LogP contribution in [0.4, 0.5) is 5.69 Å². The Hall–Kier alpha value is -1.58. The molecule has 1 amide bonds. The highest BCUT2D eigenvalue weighted by Gasteiger charge is 2.05. The third kappa shape index (κ3) is 4.29. The van der Waals surface area contributed by atoms with Crippen LogP contribution in [-0.2, 0) is 4.79 Å². The fourth-order valence-corrected chi connectivity index (χ4v) is 1.27. The zero-order valence-corrected chi connectivity index (χ0v) is 9.99. The molecule has 1 aromatic rings. The number of amides is 1. The number of nitrogens with zero attached hydrogens (tertiary/aromatic N) is 1. The van der Waals surface area contributed by atoms with Crippen molar-refractivity contribution in [2.45, 2.75) is 27.2 Å². The predicted octanol–water partition coefficient (Wildman–Crippen LogP) is 2.46. The molecule has 0 aliphatic carbocycles. The van der Waals surface area contributed by atoms with Gasteiger partial charge in [-0.3, -0.25) is 4.79 Å². The summed E-state index contributed by atoms with van der Waals surface area (Å²) >= 11 is 0. The van der Waals surface area contributed by atoms with Crippen molar-refractivity contribution in [3.63, 3.8) is 0 Å². The summed E-state index contributed by atoms with van der Waals surface area (Å²) < 4.78 is 5.21. The molecule has 0 saturated carbocycles. The number of aromatic nitrogens is 1. The molecule has 1 N–H and O–H groups in total. The van der Waals surface area contributed by atoms with Gasteiger partial charge in [0.15, 0.2) is 0 Å². The maximum atomic E-state index is 11.5. The van der Waals surface area contributed by atoms with Gasteiger partial charge in [0.1, 0.15) is 0 Å². The van der Waals surface area contributed by atoms with Crippen LogP contribution in [0, 0.1) is 5.92 Å². The van der Waals surface area contributed by atoms with Crippen LogP contribution in [0.2, 0.25) is 0 Å². The standard InChI is InChI=1S/C12H18N2O2/c1-4-16-12-6-5-10(8-13-12)14-11(15)7-9(2)3/h5-6,8-9H,4,7H2,1-3H3,(H,14,15). The summed E-state index contributed by atoms with van der Waals surface area (Å²) in [5, 5.41) is 2.79. The van der Waals surface area contributed by atoms with E-state index in [1.807, 2.05) is 20.8 Å². The minimum atomic E-state index is 0.0148. The quantitative estimate of drug-likeness (QED) is 0.832. The first-order valence-electron chi connectivity index (χ1n) is 5.50. The second kappa shape index (κ2) is 6.10. The molecule has 0 aliphatic rings. The van der Waals surface area contributed by atoms with Gasteiger partial charge in [0.05, 0.1) is 18.5 Å². The van der Waals surface area contributed by atoms with Gasteiger partial charge in [-0.1, -0.05) is 13.8 Å². The number of anilines is 1. The molecule has 4 heteroatoms. The third-order valence-electron chi connectivity index (χ3n) is 1.91. The van der Waals surface area contributed by atoms with Crippen molar-refractivity contribution in [3.8, 4) is 5.88 Å². The van der Waals surface area contributed by atoms with Crippen LogP contribution in [0.1, 0.15) is 27.2 Å². The van der Waals surface area contributed by atoms with Crippen molar-refractivity contribution < 1.29 is 9.53 Å². The van der Waals surface area contributed by atoms with E-state index in [9.17, 15) is 4.79 Å². The molecule has 0 fully saturated rings. The first-order valence-corrected chi connectivity index (χ1v) is 5.50. The van der Waals surface area contributed by atoms with Crippen molar-refractivity contribution in [3.05, 3.63) is 18.3 Å². The Labute approximate surface area is 96.0 Å². The largest absolute Gasteiger partial charge is 0.478 e. The fraction of sp³-hybridized carbons (Fsp3) is 0.500. The number of hydrogen-bond acceptors (Lipinski definition) is 3. The third-order valence-corrected chi connectivity index (χ3v) is 1.91. The lowest BCUT2D eigenvalue weighted by Gasteiger charge is -2.07. The zero-order valence-electron chi connectivity index (χ0n) is 9.99. The van der Waals surface area contributed by atoms with Crippen LogP contribution in [0.15, 0.2) is 18.3 Å². The van der Waals surface area contributed by atoms with Crippen molar-refractivity contribution in [1.82, 2.24) is 4.98 Å². The normalized spacial score (nSPS) is 10.2. The van der Waals surface area contributed by atoms with Gasteiger partial charge in [-0.25, -0.2) is 4.98 Å². The summed E-state index contributed by atoms with van der Waals surface area (Å²) in [6.07, 6.45) is 2.12. The van der Waals surface area contributed by atoms with E-state index in [1.165, 1.54) is 0 Å². The van der Waals surface area contributed by atoms with E-state index in [2.05, 4.69) is 10.3 Å². The van der Waals surface area contributed by atoms with Gasteiger partial charge in [0, 0.05) is 12.5 Å². The average molecular weight is 222 g/mol. The van der Waals surface area contributed by atoms with Crippen LogP contribution in [0.3, 0.4) is 0 Å². The monoisotopic (exact) mass is 222 g/mol. The van der Waals surface area contributed by atoms with Gasteiger partial charge in [0.25, 0.3) is 0 Å². The lowest BCUT2D eigenvalue weighted by Crippen LogP contribution is -2.13. The lowest BCUT2D eigenvalue weighted by molar-refractivity contribution is -0.116. The summed E-state index contributed by atoms with van der Waals surface area (Å²) in [5.41, 5.74) is 0.703. The molecule has 1 aromatic heterocycles. The molecule has 16 heavy (non-hydrogen) atoms. The summed E-state index contributed by atoms with van der Waals surface area (Å²) in [7, 11) is 0. The van der Waals surface area contributed by atoms with Gasteiger partial charge < -0.3 is 10.1 Å². The Morgan fingerprint density at radius 3 is 2.75 bits per heavy atom. The molecule has 1 heterocycles. The summed E-state index contributed by atoms with van der Waals surface area (Å²) in [4.78, 5) is 15.5. The van der Waals surface area contributed by atoms with Crippen molar-refractivity contribution in [1.29, 1.82) is 0 Å². The molecule has 0 unspecified atom stereocenters. The van der Waals surface area contributed by atoms with Gasteiger partial charge in [-0.2, -0.15) is 0 Å². The Bertz CT molecular complexity index is 333. The maximum Gasteiger partial charge on any atom is 0.224 e. The molecule has 0 aromatic carbocycles. The van der Waals surface area contributed by atoms with Crippen molar-refractivity contribution >= 4 is 11.6 Å². The summed E-state index contributed by atoms with van der Waals surface area (Å²) in [6, 6.07) is 3.53. The maximum absolute atomic E-state index is 11.5. The number of hydrogen-bond donors (Lipinski definition) is 1. The van der Waals surface area contributed by atoms with Gasteiger partial charge in [0.2, 0.25) is 11.8 Å². The van der Waals surface area contributed by atoms with E-state index < -0.39 is 0 Å². The van der Waals surface area contributed by atoms with Crippen molar-refractivity contribution in [2.75, 3.05) is 11.9 Å². The molecule has 0 radical (unpaired) electrons. The molecular formula is C12H18N2O2. The van der Waals surface area contributed by atoms with Gasteiger partial charge >= 0.3 is 0 Å². The molecule has 4 nitrogen and oxygen atoms in total. The predicted molar refractivity (Wildman–Crippen MR) is 63.5 cm³/mol. The van der Waals surface area contributed by atoms with Crippen LogP contribution in [0.5, 0.6) is 5.88 Å². The van der Waals surface area contributed by atoms with Crippen LogP contribution < -0.4 is 10.1 Å². The number of rotatable bonds is 5. The number of nitrogens with one attached hydrogen (secondary N) is 1. The Kier molecular flexibility index (Phi) is 4.76. The number of pyridine rings is 1. The molecule has 88 valence electrons. The van der Waals surface area contributed by atoms with E-state index in [4.69, 9.17) is 4.74 Å². The fourth-order valence-electron chi connectivity index (χ4n) is 1.27. The van der Waals surface area contributed by atoms with Crippen molar-refractivity contribution in [2.24, 2.45) is 5.92 Å². The van der Waals surface area contributed by atoms with E-state index in [0.717, 1.165) is 0 Å². The van der Waals surface area contributed by atoms with Crippen LogP contribution in [0.25, 0.3) is 0 Å². The minimum absolute atomic E-state index is 0.0148. The molecule has 0 bridgehead atoms. The van der Waals surface area contributed by atoms with E-state index in [-0.39, 0.29) is 5.91 Å². The average Bonchev–Trinajstić information content (AvgIpc) is 2.20. The SMILES string of the molecule is CCOc1ccc(NC(=O)CC(C)C)cn1. The molecule has 1 rings (SSSR count). The van der Waals surface area contributed by atoms with E-state index in [1.54, 1.807) is 18.3 Å². The topological polar surface area (TPSA) is 51.2 Å². The first kappa shape index (κ1) is 12.5. The Balaban J connectivity index is 2.51. The highest BCUT2D eigenvalue weighted by molar-refractivity contribution is 5.90. The molecule has 0 aliphatic heterocycles. The molecular weight excluding hydrogens is 204 g/mol. The highest BCUT2D eigenvalue weighted by Crippen LogP contribution is 2.12. The number of ether oxygens (including phenoxy) is 1. The summed E-state index contributed by atoms with van der Waals surface area (Å²) in [6.45, 7) is 6.51. The molecule has 0 atom stereocenters. The number of carbonyl (C=O) groups is 1. The molecule has 0 saturated heterocycles. The van der Waals surface area contributed by atoms with E-state index in [0.29, 0.717) is 30.5 Å². The van der Waals surface area contributed by atoms with E-state index >= 15 is 0 Å². The smallest absolute Gasteiger partial charge is 0.224 e. The second-order valence-corrected chi connectivity index (χ2v) is 3.96. The first-order chi connectivity index (χ1) is 7.61. The van der Waals surface area contributed by atoms with Gasteiger partial charge in [-0.05, 0) is 18.9 Å². The number of carbonyl (C=O) groups excluding carboxylic acids is 1. The molecule has 0 spiro atoms. The second-order valence-electron chi connectivity index (χ2n) is 3.96. The van der Waals surface area contributed by atoms with Gasteiger partial charge in [-0.15, -0.1) is 0 Å². The Morgan fingerprint density at radius 2 is 2.25 bits per heavy atom. The minimum Gasteiger partial charge on any atom is -0.478 e. The Morgan fingerprint density at radius 1 is 1.50 bits per heavy atom.